The summed E-state index contributed by atoms with van der Waals surface area (Å²) in [6.45, 7) is 1.36. The van der Waals surface area contributed by atoms with Crippen LogP contribution in [0.15, 0.2) is 0 Å². The lowest BCUT2D eigenvalue weighted by molar-refractivity contribution is -0.399. The van der Waals surface area contributed by atoms with Crippen molar-refractivity contribution < 1.29 is 29.1 Å². The van der Waals surface area contributed by atoms with E-state index in [4.69, 9.17) is 24.0 Å². The van der Waals surface area contributed by atoms with Gasteiger partial charge in [0.05, 0.1) is 18.8 Å². The molecule has 2 heterocycles. The van der Waals surface area contributed by atoms with Gasteiger partial charge in [0.2, 0.25) is 11.6 Å². The zero-order chi connectivity index (χ0) is 16.0. The Hall–Kier alpha value is -0.240. The minimum atomic E-state index is -0.654. The van der Waals surface area contributed by atoms with E-state index >= 15 is 0 Å². The van der Waals surface area contributed by atoms with Crippen molar-refractivity contribution in [3.8, 4) is 0 Å². The zero-order valence-corrected chi connectivity index (χ0v) is 14.0. The van der Waals surface area contributed by atoms with Crippen molar-refractivity contribution in [2.75, 3.05) is 13.2 Å². The third-order valence-electron chi connectivity index (χ3n) is 7.55. The summed E-state index contributed by atoms with van der Waals surface area (Å²) in [7, 11) is 0. The highest BCUT2D eigenvalue weighted by atomic mass is 17.3. The molecule has 4 bridgehead atoms. The Morgan fingerprint density at radius 2 is 1.38 bits per heavy atom. The molecule has 1 N–H and O–H groups in total. The molecule has 134 valence electrons. The van der Waals surface area contributed by atoms with E-state index in [1.807, 2.05) is 0 Å². The third kappa shape index (κ3) is 1.87. The van der Waals surface area contributed by atoms with E-state index < -0.39 is 23.0 Å². The lowest BCUT2D eigenvalue weighted by Crippen LogP contribution is -2.64. The van der Waals surface area contributed by atoms with Crippen LogP contribution in [0, 0.1) is 17.8 Å². The van der Waals surface area contributed by atoms with Gasteiger partial charge in [0, 0.05) is 37.5 Å². The van der Waals surface area contributed by atoms with Gasteiger partial charge in [-0.15, -0.1) is 0 Å². The van der Waals surface area contributed by atoms with Crippen molar-refractivity contribution in [3.05, 3.63) is 0 Å². The van der Waals surface area contributed by atoms with Gasteiger partial charge in [0.15, 0.2) is 5.79 Å². The molecule has 0 aromatic heterocycles. The fourth-order valence-corrected chi connectivity index (χ4v) is 6.64. The lowest BCUT2D eigenvalue weighted by atomic mass is 9.51. The van der Waals surface area contributed by atoms with Crippen LogP contribution in [0.25, 0.3) is 0 Å². The lowest BCUT2D eigenvalue weighted by Gasteiger charge is -2.60. The van der Waals surface area contributed by atoms with Gasteiger partial charge in [-0.25, -0.2) is 0 Å². The van der Waals surface area contributed by atoms with Crippen molar-refractivity contribution in [1.82, 2.24) is 0 Å². The summed E-state index contributed by atoms with van der Waals surface area (Å²) < 4.78 is 18.3. The highest BCUT2D eigenvalue weighted by molar-refractivity contribution is 5.11. The largest absolute Gasteiger partial charge is 0.390 e. The van der Waals surface area contributed by atoms with Crippen LogP contribution in [0.2, 0.25) is 0 Å². The van der Waals surface area contributed by atoms with Gasteiger partial charge in [0.25, 0.3) is 0 Å². The molecule has 2 unspecified atom stereocenters. The van der Waals surface area contributed by atoms with Crippen LogP contribution < -0.4 is 0 Å². The highest BCUT2D eigenvalue weighted by Crippen LogP contribution is 2.65. The first-order valence-corrected chi connectivity index (χ1v) is 9.60. The van der Waals surface area contributed by atoms with E-state index in [9.17, 15) is 5.11 Å². The SMILES string of the molecule is OC12CC3CC(C1)C1(OOC4(CCC5(CC4)OCCO5)O1)C(C3)C2. The Morgan fingerprint density at radius 1 is 0.750 bits per heavy atom. The smallest absolute Gasteiger partial charge is 0.210 e. The second kappa shape index (κ2) is 4.53. The molecule has 0 aromatic carbocycles. The molecule has 2 atom stereocenters. The average Bonchev–Trinajstić information content (AvgIpc) is 3.14. The fourth-order valence-electron chi connectivity index (χ4n) is 6.64. The summed E-state index contributed by atoms with van der Waals surface area (Å²) in [4.78, 5) is 11.9. The van der Waals surface area contributed by atoms with Crippen LogP contribution in [0.4, 0.5) is 0 Å². The molecule has 6 nitrogen and oxygen atoms in total. The Morgan fingerprint density at radius 3 is 2.00 bits per heavy atom. The molecular formula is C18H26O6. The van der Waals surface area contributed by atoms with E-state index in [-0.39, 0.29) is 11.8 Å². The Bertz CT molecular complexity index is 530. The minimum Gasteiger partial charge on any atom is -0.390 e. The quantitative estimate of drug-likeness (QED) is 0.684. The molecule has 7 rings (SSSR count). The van der Waals surface area contributed by atoms with Crippen LogP contribution in [-0.2, 0) is 24.0 Å². The van der Waals surface area contributed by atoms with Gasteiger partial charge < -0.3 is 19.3 Å². The van der Waals surface area contributed by atoms with Crippen molar-refractivity contribution >= 4 is 0 Å². The second-order valence-corrected chi connectivity index (χ2v) is 9.08. The van der Waals surface area contributed by atoms with Crippen molar-refractivity contribution in [2.45, 2.75) is 80.7 Å². The van der Waals surface area contributed by atoms with E-state index in [2.05, 4.69) is 0 Å². The topological polar surface area (TPSA) is 66.4 Å². The van der Waals surface area contributed by atoms with Crippen LogP contribution in [0.3, 0.4) is 0 Å². The monoisotopic (exact) mass is 338 g/mol. The minimum absolute atomic E-state index is 0.253. The molecule has 2 saturated heterocycles. The van der Waals surface area contributed by atoms with Gasteiger partial charge in [-0.2, -0.15) is 9.78 Å². The van der Waals surface area contributed by atoms with Crippen molar-refractivity contribution in [3.63, 3.8) is 0 Å². The molecular weight excluding hydrogens is 312 g/mol. The van der Waals surface area contributed by atoms with Crippen molar-refractivity contribution in [1.29, 1.82) is 0 Å². The maximum atomic E-state index is 10.8. The number of rotatable bonds is 0. The number of ether oxygens (including phenoxy) is 3. The molecule has 7 aliphatic rings. The third-order valence-corrected chi connectivity index (χ3v) is 7.55. The highest BCUT2D eigenvalue weighted by Gasteiger charge is 2.70. The van der Waals surface area contributed by atoms with E-state index in [1.165, 1.54) is 0 Å². The molecule has 0 aromatic rings. The maximum Gasteiger partial charge on any atom is 0.210 e. The molecule has 0 amide bonds. The first-order chi connectivity index (χ1) is 11.5. The van der Waals surface area contributed by atoms with Gasteiger partial charge in [-0.1, -0.05) is 0 Å². The van der Waals surface area contributed by atoms with Crippen LogP contribution >= 0.6 is 0 Å². The van der Waals surface area contributed by atoms with Gasteiger partial charge in [-0.05, 0) is 38.0 Å². The molecule has 3 spiro atoms. The number of hydrogen-bond acceptors (Lipinski definition) is 6. The molecule has 5 aliphatic carbocycles. The first kappa shape index (κ1) is 14.9. The summed E-state index contributed by atoms with van der Waals surface area (Å²) in [5.41, 5.74) is -0.494. The Labute approximate surface area is 141 Å². The first-order valence-electron chi connectivity index (χ1n) is 9.60. The van der Waals surface area contributed by atoms with Crippen molar-refractivity contribution in [2.24, 2.45) is 17.8 Å². The van der Waals surface area contributed by atoms with Crippen LogP contribution in [0.5, 0.6) is 0 Å². The zero-order valence-electron chi connectivity index (χ0n) is 14.0. The summed E-state index contributed by atoms with van der Waals surface area (Å²) in [5, 5.41) is 10.8. The Kier molecular flexibility index (Phi) is 2.81. The number of aliphatic hydroxyl groups is 1. The molecule has 7 fully saturated rings. The van der Waals surface area contributed by atoms with E-state index in [1.54, 1.807) is 0 Å². The van der Waals surface area contributed by atoms with E-state index in [0.717, 1.165) is 57.8 Å². The summed E-state index contributed by atoms with van der Waals surface area (Å²) in [6, 6.07) is 0. The molecule has 5 saturated carbocycles. The molecule has 24 heavy (non-hydrogen) atoms. The summed E-state index contributed by atoms with van der Waals surface area (Å²) >= 11 is 0. The second-order valence-electron chi connectivity index (χ2n) is 9.08. The van der Waals surface area contributed by atoms with E-state index in [0.29, 0.717) is 19.1 Å². The van der Waals surface area contributed by atoms with Gasteiger partial charge in [0.1, 0.15) is 0 Å². The maximum absolute atomic E-state index is 10.8. The standard InChI is InChI=1S/C18H26O6/c19-15-9-12-7-13(10-15)18(14(8-12)11-15)22-17(23-24-18)3-1-16(2-4-17)20-5-6-21-16/h12-14,19H,1-11H2. The molecule has 0 radical (unpaired) electrons. The number of hydrogen-bond donors (Lipinski definition) is 1. The normalized spacial score (nSPS) is 53.6. The predicted octanol–water partition coefficient (Wildman–Crippen LogP) is 2.25. The predicted molar refractivity (Wildman–Crippen MR) is 80.3 cm³/mol. The van der Waals surface area contributed by atoms with Gasteiger partial charge in [-0.3, -0.25) is 0 Å². The molecule has 2 aliphatic heterocycles. The Balaban J connectivity index is 1.24. The summed E-state index contributed by atoms with van der Waals surface area (Å²) in [6.07, 6.45) is 7.76. The van der Waals surface area contributed by atoms with Crippen LogP contribution in [-0.4, -0.2) is 41.3 Å². The van der Waals surface area contributed by atoms with Gasteiger partial charge >= 0.3 is 0 Å². The van der Waals surface area contributed by atoms with Crippen LogP contribution in [0.1, 0.15) is 57.8 Å². The average molecular weight is 338 g/mol. The summed E-state index contributed by atoms with van der Waals surface area (Å²) in [5.74, 6) is -0.584. The fraction of sp³-hybridized carbons (Fsp3) is 1.00. The molecule has 6 heteroatoms.